The zero-order valence-corrected chi connectivity index (χ0v) is 81.9. The van der Waals surface area contributed by atoms with Crippen molar-refractivity contribution in [3.63, 3.8) is 0 Å². The quantitative estimate of drug-likeness (QED) is 0.0146. The summed E-state index contributed by atoms with van der Waals surface area (Å²) in [6.07, 6.45) is 11.0. The summed E-state index contributed by atoms with van der Waals surface area (Å²) in [5.41, 5.74) is 16.3. The van der Waals surface area contributed by atoms with E-state index in [9.17, 15) is 88.2 Å². The van der Waals surface area contributed by atoms with E-state index in [4.69, 9.17) is 35.2 Å². The molecule has 8 amide bonds. The van der Waals surface area contributed by atoms with Gasteiger partial charge in [0.05, 0.1) is 55.3 Å². The van der Waals surface area contributed by atoms with Gasteiger partial charge in [0, 0.05) is 99.9 Å². The van der Waals surface area contributed by atoms with Gasteiger partial charge in [0.2, 0.25) is 47.1 Å². The van der Waals surface area contributed by atoms with Crippen molar-refractivity contribution >= 4 is 103 Å². The molecule has 136 heavy (non-hydrogen) atoms. The summed E-state index contributed by atoms with van der Waals surface area (Å²) < 4.78 is 29.4. The first-order valence-electron chi connectivity index (χ1n) is 47.4. The number of hydrogen-bond donors (Lipinski definition) is 16. The number of amides is 8. The van der Waals surface area contributed by atoms with E-state index in [2.05, 4.69) is 42.2 Å². The molecule has 25 atom stereocenters. The Morgan fingerprint density at radius 2 is 1.35 bits per heavy atom. The summed E-state index contributed by atoms with van der Waals surface area (Å²) in [5.74, 6) is -14.0. The number of nitrogens with zero attached hydrogens (tertiary/aromatic N) is 1. The Morgan fingerprint density at radius 3 is 2.01 bits per heavy atom. The van der Waals surface area contributed by atoms with Gasteiger partial charge in [0.1, 0.15) is 66.4 Å². The Bertz CT molecular complexity index is 4730. The Balaban J connectivity index is 0.000000336. The maximum absolute atomic E-state index is 14.7. The minimum atomic E-state index is -2.43. The molecule has 750 valence electrons. The van der Waals surface area contributed by atoms with E-state index >= 15 is 0 Å². The normalized spacial score (nSPS) is 31.2. The molecule has 0 radical (unpaired) electrons. The number of unbranched alkanes of at least 4 members (excludes halogenated alkanes) is 1. The topological polar surface area (TPSA) is 528 Å². The van der Waals surface area contributed by atoms with Crippen molar-refractivity contribution in [2.45, 2.75) is 293 Å². The number of aromatic nitrogens is 1. The molecular weight excluding hydrogens is 1790 g/mol. The van der Waals surface area contributed by atoms with Gasteiger partial charge in [-0.25, -0.2) is 4.79 Å². The smallest absolute Gasteiger partial charge is 0.329 e. The number of fused-ring (bicyclic) bond motifs is 4. The molecule has 0 unspecified atom stereocenters. The van der Waals surface area contributed by atoms with Gasteiger partial charge in [0.25, 0.3) is 11.7 Å². The standard InChI is InChI=1S/C51H79NO13.C49H66N10O10S2/c1-30-16-12-11-13-17-31(2)42(61-8)28-38-21-19-36(7)51(60,65-38)48(57)49(58)52-23-15-14-18-39(52)50(59)64-43(33(4)26-37-20-22-40(53)44(27-37)62-9)29-41(54)32(3)25-35(6)46(56)47(63-10)45(55)34(5)24-30;1-28(61)39(25-60)56-48(68)41-27-71-70-26-40(57-43(63)34(51)21-30-13-5-3-6-14-30)47(67)54-37(22-31-15-7-4-8-16-31)45(65)55-38(23-32-24-52-35-18-10-9-17-33(32)35)46(66)53-36(19-11-12-20-50)44(64)59-42(29(2)62)49(69)58-41/h11-13,16-17,25,30,32-34,36-40,42-44,46-47,53,56,60H,14-15,18-24,26-29H2,1-10H3;3-10,13-18,24,28-29,34,36-42,52,60-62H,11-12,19-23,25-27,50-51H2,1-2H3,(H,53,66)(H,54,67)(H,55,65)(H,56,68)(H,57,63)(H,58,69)(H,59,64)/b13-11+,16-12+,31-17+,35-25+;/t30-,32-,33-,34-,36-,37+,38+,39+,40-,42+,43+,44-,46-,47+,51-;28-,29-,34-,36+,37+,38-,39-,40+,41+,42+/m11/s1. The number of esters is 1. The molecule has 1 saturated carbocycles. The lowest BCUT2D eigenvalue weighted by molar-refractivity contribution is -0.265. The van der Waals surface area contributed by atoms with Crippen LogP contribution in [-0.4, -0.2) is 279 Å². The lowest BCUT2D eigenvalue weighted by Crippen LogP contribution is -2.62. The molecule has 3 saturated heterocycles. The number of para-hydroxylation sites is 1. The van der Waals surface area contributed by atoms with Crippen LogP contribution in [0.3, 0.4) is 0 Å². The average molecular weight is 1930 g/mol. The summed E-state index contributed by atoms with van der Waals surface area (Å²) in [5, 5.41) is 84.3. The third-order valence-corrected chi connectivity index (χ3v) is 28.8. The van der Waals surface area contributed by atoms with E-state index in [0.717, 1.165) is 50.0 Å². The lowest BCUT2D eigenvalue weighted by atomic mass is 9.78. The molecule has 18 N–H and O–H groups in total. The Morgan fingerprint density at radius 1 is 0.699 bits per heavy atom. The largest absolute Gasteiger partial charge is 0.460 e. The number of Topliss-reactive ketones (excluding diaryl/α,β-unsaturated/α-hetero) is 3. The predicted octanol–water partition coefficient (Wildman–Crippen LogP) is 5.38. The van der Waals surface area contributed by atoms with Crippen molar-refractivity contribution in [3.8, 4) is 0 Å². The van der Waals surface area contributed by atoms with Gasteiger partial charge in [-0.1, -0.05) is 172 Å². The van der Waals surface area contributed by atoms with Gasteiger partial charge >= 0.3 is 5.97 Å². The van der Waals surface area contributed by atoms with Crippen molar-refractivity contribution < 1.29 is 112 Å². The number of nitrogens with two attached hydrogens (primary N) is 2. The van der Waals surface area contributed by atoms with Crippen LogP contribution in [-0.2, 0) is 100 Å². The number of hydrogen-bond acceptors (Lipinski definition) is 27. The molecule has 5 heterocycles. The SMILES string of the molecule is CO[C@H]1C[C@@H]2CC[C@@H](C)[C@@](O)(O2)C(=O)C(=O)N2CCCC[C@H]2C(=O)O[C@H]([C@H](C)C[C@@H]2CC[C@@H](O)[C@H](OC)C2)CC(=O)[C@H](C)/C=C(\C)[C@@H](O)[C@@H](OC)C(=O)[C@H](C)C[C@H](C)/C=C/C=C/C=C/1C.C[C@@H](O)[C@@H]1NC(=O)[C@H](CCCCN)NC(=O)[C@@H](Cc2c[nH]c3ccccc23)NC(=O)[C@H](Cc2ccccc2)NC(=O)[C@@H](NC(=O)[C@H](N)Cc2ccccc2)CSSC[C@@H](C(=O)N[C@H](CO)[C@@H](C)O)NC1=O. The van der Waals surface area contributed by atoms with E-state index in [1.54, 1.807) is 102 Å². The number of cyclic esters (lactones) is 1. The minimum absolute atomic E-state index is 0.0193. The number of aliphatic hydroxyl groups is 6. The summed E-state index contributed by atoms with van der Waals surface area (Å²) in [6, 6.07) is 13.5. The number of carbonyl (C=O) groups excluding carboxylic acids is 12. The number of nitrogens with one attached hydrogen (secondary N) is 8. The molecule has 1 aromatic heterocycles. The minimum Gasteiger partial charge on any atom is -0.460 e. The van der Waals surface area contributed by atoms with Gasteiger partial charge in [-0.3, -0.25) is 52.7 Å². The van der Waals surface area contributed by atoms with Crippen LogP contribution in [0, 0.1) is 35.5 Å². The zero-order valence-electron chi connectivity index (χ0n) is 80.3. The number of benzene rings is 3. The van der Waals surface area contributed by atoms with E-state index in [-0.39, 0.29) is 98.5 Å². The second-order valence-electron chi connectivity index (χ2n) is 37.1. The highest BCUT2D eigenvalue weighted by atomic mass is 33.1. The molecular formula is C100H145N11O23S2. The number of piperidine rings is 1. The fourth-order valence-electron chi connectivity index (χ4n) is 17.8. The monoisotopic (exact) mass is 1930 g/mol. The maximum atomic E-state index is 14.7. The fourth-order valence-corrected chi connectivity index (χ4v) is 20.2. The van der Waals surface area contributed by atoms with Crippen molar-refractivity contribution in [1.82, 2.24) is 47.1 Å². The summed E-state index contributed by atoms with van der Waals surface area (Å²) >= 11 is 0. The number of carbonyl (C=O) groups is 12. The van der Waals surface area contributed by atoms with Crippen molar-refractivity contribution in [2.75, 3.05) is 52.5 Å². The molecule has 4 fully saturated rings. The van der Waals surface area contributed by atoms with Crippen molar-refractivity contribution in [1.29, 1.82) is 0 Å². The van der Waals surface area contributed by atoms with Gasteiger partial charge in [0.15, 0.2) is 5.78 Å². The van der Waals surface area contributed by atoms with Gasteiger partial charge in [-0.2, -0.15) is 0 Å². The first kappa shape index (κ1) is 112. The highest BCUT2D eigenvalue weighted by molar-refractivity contribution is 8.76. The molecule has 1 aliphatic carbocycles. The van der Waals surface area contributed by atoms with Gasteiger partial charge in [-0.15, -0.1) is 0 Å². The lowest BCUT2D eigenvalue weighted by Gasteiger charge is -2.42. The van der Waals surface area contributed by atoms with E-state index in [0.29, 0.717) is 87.3 Å². The molecule has 0 spiro atoms. The molecule has 2 bridgehead atoms. The molecule has 3 aromatic carbocycles. The molecule has 34 nitrogen and oxygen atoms in total. The van der Waals surface area contributed by atoms with E-state index in [1.807, 2.05) is 88.4 Å². The Kier molecular flexibility index (Phi) is 45.6. The molecule has 36 heteroatoms. The zero-order chi connectivity index (χ0) is 99.6. The first-order chi connectivity index (χ1) is 64.8. The van der Waals surface area contributed by atoms with Crippen LogP contribution < -0.4 is 48.7 Å². The summed E-state index contributed by atoms with van der Waals surface area (Å²) in [4.78, 5) is 175. The average Bonchev–Trinajstić information content (AvgIpc) is 0.867. The molecule has 9 rings (SSSR count). The van der Waals surface area contributed by atoms with E-state index < -0.39 is 192 Å². The fraction of sp³-hybridized carbons (Fsp3) is 0.600. The van der Waals surface area contributed by atoms with Crippen LogP contribution in [0.25, 0.3) is 10.9 Å². The number of H-pyrrole nitrogens is 1. The third-order valence-electron chi connectivity index (χ3n) is 26.3. The number of ketones is 3. The van der Waals surface area contributed by atoms with Crippen LogP contribution in [0.1, 0.15) is 175 Å². The second kappa shape index (κ2) is 55.4. The molecule has 5 aliphatic rings. The van der Waals surface area contributed by atoms with Crippen LogP contribution >= 0.6 is 21.6 Å². The summed E-state index contributed by atoms with van der Waals surface area (Å²) in [6.45, 7) is 15.0. The van der Waals surface area contributed by atoms with Crippen LogP contribution in [0.15, 0.2) is 139 Å². The summed E-state index contributed by atoms with van der Waals surface area (Å²) in [7, 11) is 6.58. The van der Waals surface area contributed by atoms with Crippen LogP contribution in [0.2, 0.25) is 0 Å². The van der Waals surface area contributed by atoms with Gasteiger partial charge < -0.3 is 113 Å². The molecule has 4 aliphatic heterocycles. The van der Waals surface area contributed by atoms with Crippen LogP contribution in [0.4, 0.5) is 0 Å². The third kappa shape index (κ3) is 32.9. The predicted molar refractivity (Wildman–Crippen MR) is 517 cm³/mol. The highest BCUT2D eigenvalue weighted by Crippen LogP contribution is 2.39. The van der Waals surface area contributed by atoms with Crippen molar-refractivity contribution in [3.05, 3.63) is 155 Å². The first-order valence-corrected chi connectivity index (χ1v) is 49.9. The van der Waals surface area contributed by atoms with Crippen molar-refractivity contribution in [2.24, 2.45) is 47.0 Å². The second-order valence-corrected chi connectivity index (χ2v) is 39.6. The molecule has 4 aromatic rings. The highest BCUT2D eigenvalue weighted by Gasteiger charge is 2.54. The number of allylic oxidation sites excluding steroid dienone is 6. The number of aromatic amines is 1. The number of rotatable bonds is 23. The Labute approximate surface area is 805 Å². The number of ether oxygens (including phenoxy) is 5. The van der Waals surface area contributed by atoms with Gasteiger partial charge in [-0.05, 0) is 176 Å². The maximum Gasteiger partial charge on any atom is 0.329 e. The van der Waals surface area contributed by atoms with Crippen LogP contribution in [0.5, 0.6) is 0 Å². The van der Waals surface area contributed by atoms with E-state index in [1.165, 1.54) is 25.9 Å². The number of methoxy groups -OCH3 is 3. The Hall–Kier alpha value is -9.38. The number of aliphatic hydroxyl groups excluding tert-OH is 5.